The molecule has 0 unspecified atom stereocenters. The van der Waals surface area contributed by atoms with Gasteiger partial charge in [-0.2, -0.15) is 0 Å². The highest BCUT2D eigenvalue weighted by atomic mass is 15.0. The highest BCUT2D eigenvalue weighted by Crippen LogP contribution is 2.31. The van der Waals surface area contributed by atoms with Crippen molar-refractivity contribution in [2.75, 3.05) is 0 Å². The third-order valence-corrected chi connectivity index (χ3v) is 5.20. The summed E-state index contributed by atoms with van der Waals surface area (Å²) in [6.07, 6.45) is 4.77. The van der Waals surface area contributed by atoms with Crippen LogP contribution >= 0.6 is 0 Å². The number of benzene rings is 3. The Morgan fingerprint density at radius 1 is 0.704 bits per heavy atom. The second kappa shape index (κ2) is 6.40. The van der Waals surface area contributed by atoms with Crippen LogP contribution in [0, 0.1) is 6.92 Å². The zero-order chi connectivity index (χ0) is 18.2. The van der Waals surface area contributed by atoms with Crippen LogP contribution in [0.3, 0.4) is 0 Å². The predicted molar refractivity (Wildman–Crippen MR) is 113 cm³/mol. The van der Waals surface area contributed by atoms with Gasteiger partial charge in [0.1, 0.15) is 0 Å². The molecule has 0 saturated carbocycles. The van der Waals surface area contributed by atoms with Crippen molar-refractivity contribution >= 4 is 21.8 Å². The summed E-state index contributed by atoms with van der Waals surface area (Å²) in [4.78, 5) is 4.35. The van der Waals surface area contributed by atoms with Crippen molar-refractivity contribution < 1.29 is 0 Å². The Hall–Kier alpha value is -3.39. The number of para-hydroxylation sites is 1. The molecule has 27 heavy (non-hydrogen) atoms. The average Bonchev–Trinajstić information content (AvgIpc) is 3.05. The Kier molecular flexibility index (Phi) is 3.75. The molecule has 0 atom stereocenters. The van der Waals surface area contributed by atoms with E-state index in [1.807, 2.05) is 12.4 Å². The molecule has 0 saturated heterocycles. The van der Waals surface area contributed by atoms with Gasteiger partial charge in [-0.1, -0.05) is 60.2 Å². The van der Waals surface area contributed by atoms with E-state index in [1.54, 1.807) is 0 Å². The fourth-order valence-corrected chi connectivity index (χ4v) is 3.80. The molecule has 2 heteroatoms. The van der Waals surface area contributed by atoms with Crippen LogP contribution in [0.5, 0.6) is 0 Å². The van der Waals surface area contributed by atoms with Gasteiger partial charge in [-0.15, -0.1) is 0 Å². The molecule has 0 N–H and O–H groups in total. The van der Waals surface area contributed by atoms with Gasteiger partial charge < -0.3 is 4.57 Å². The Morgan fingerprint density at radius 2 is 1.37 bits per heavy atom. The maximum atomic E-state index is 4.35. The van der Waals surface area contributed by atoms with Crippen LogP contribution in [0.15, 0.2) is 91.3 Å². The van der Waals surface area contributed by atoms with Gasteiger partial charge in [0.2, 0.25) is 0 Å². The first kappa shape index (κ1) is 15.8. The van der Waals surface area contributed by atoms with E-state index in [1.165, 1.54) is 38.7 Å². The van der Waals surface area contributed by atoms with E-state index in [0.717, 1.165) is 11.9 Å². The highest BCUT2D eigenvalue weighted by Gasteiger charge is 2.11. The van der Waals surface area contributed by atoms with Crippen LogP contribution in [-0.2, 0) is 6.42 Å². The molecule has 130 valence electrons. The largest absolute Gasteiger partial charge is 0.308 e. The van der Waals surface area contributed by atoms with Crippen LogP contribution in [0.25, 0.3) is 27.5 Å². The molecule has 0 aliphatic rings. The molecule has 0 aliphatic heterocycles. The van der Waals surface area contributed by atoms with Crippen LogP contribution in [-0.4, -0.2) is 9.55 Å². The SMILES string of the molecule is Cc1ccc(Cc2ccc(-n3c4ccccc4c4ccncc43)cc2)cc1. The number of pyridine rings is 1. The normalized spacial score (nSPS) is 11.3. The molecular formula is C25H20N2. The van der Waals surface area contributed by atoms with Crippen molar-refractivity contribution in [2.24, 2.45) is 0 Å². The first-order chi connectivity index (χ1) is 13.3. The van der Waals surface area contributed by atoms with Crippen molar-refractivity contribution in [1.29, 1.82) is 0 Å². The van der Waals surface area contributed by atoms with Crippen molar-refractivity contribution in [3.63, 3.8) is 0 Å². The topological polar surface area (TPSA) is 17.8 Å². The van der Waals surface area contributed by atoms with Crippen LogP contribution in [0.2, 0.25) is 0 Å². The summed E-state index contributed by atoms with van der Waals surface area (Å²) < 4.78 is 2.30. The van der Waals surface area contributed by atoms with Crippen molar-refractivity contribution in [1.82, 2.24) is 9.55 Å². The summed E-state index contributed by atoms with van der Waals surface area (Å²) in [6.45, 7) is 2.12. The fourth-order valence-electron chi connectivity index (χ4n) is 3.80. The Balaban J connectivity index is 1.57. The third-order valence-electron chi connectivity index (χ3n) is 5.20. The zero-order valence-electron chi connectivity index (χ0n) is 15.3. The van der Waals surface area contributed by atoms with E-state index < -0.39 is 0 Å². The lowest BCUT2D eigenvalue weighted by Crippen LogP contribution is -1.95. The average molecular weight is 348 g/mol. The van der Waals surface area contributed by atoms with E-state index >= 15 is 0 Å². The van der Waals surface area contributed by atoms with Crippen molar-refractivity contribution in [3.05, 3.63) is 108 Å². The van der Waals surface area contributed by atoms with Gasteiger partial charge in [0.15, 0.2) is 0 Å². The Morgan fingerprint density at radius 3 is 2.15 bits per heavy atom. The number of hydrogen-bond donors (Lipinski definition) is 0. The van der Waals surface area contributed by atoms with Crippen LogP contribution in [0.4, 0.5) is 0 Å². The number of nitrogens with zero attached hydrogens (tertiary/aromatic N) is 2. The molecule has 2 nitrogen and oxygen atoms in total. The summed E-state index contributed by atoms with van der Waals surface area (Å²) in [5, 5.41) is 2.50. The number of rotatable bonds is 3. The van der Waals surface area contributed by atoms with E-state index in [2.05, 4.69) is 95.3 Å². The molecule has 5 rings (SSSR count). The minimum atomic E-state index is 0.954. The summed E-state index contributed by atoms with van der Waals surface area (Å²) in [5.41, 5.74) is 7.49. The molecule has 2 aromatic heterocycles. The maximum Gasteiger partial charge on any atom is 0.0724 e. The molecule has 0 amide bonds. The molecule has 0 radical (unpaired) electrons. The van der Waals surface area contributed by atoms with Crippen molar-refractivity contribution in [2.45, 2.75) is 13.3 Å². The second-order valence-electron chi connectivity index (χ2n) is 7.07. The molecule has 0 fully saturated rings. The minimum absolute atomic E-state index is 0.954. The fraction of sp³-hybridized carbons (Fsp3) is 0.0800. The number of aromatic nitrogens is 2. The Labute approximate surface area is 158 Å². The molecule has 5 aromatic rings. The molecular weight excluding hydrogens is 328 g/mol. The first-order valence-electron chi connectivity index (χ1n) is 9.28. The monoisotopic (exact) mass is 348 g/mol. The molecule has 0 aliphatic carbocycles. The van der Waals surface area contributed by atoms with Gasteiger partial charge in [0.25, 0.3) is 0 Å². The second-order valence-corrected chi connectivity index (χ2v) is 7.07. The van der Waals surface area contributed by atoms with E-state index in [-0.39, 0.29) is 0 Å². The van der Waals surface area contributed by atoms with Crippen LogP contribution < -0.4 is 0 Å². The lowest BCUT2D eigenvalue weighted by atomic mass is 10.0. The summed E-state index contributed by atoms with van der Waals surface area (Å²) >= 11 is 0. The van der Waals surface area contributed by atoms with Gasteiger partial charge in [-0.25, -0.2) is 0 Å². The predicted octanol–water partition coefficient (Wildman–Crippen LogP) is 6.08. The summed E-state index contributed by atoms with van der Waals surface area (Å²) in [6, 6.07) is 28.3. The van der Waals surface area contributed by atoms with Gasteiger partial charge in [-0.3, -0.25) is 4.98 Å². The van der Waals surface area contributed by atoms with Gasteiger partial charge in [0, 0.05) is 22.7 Å². The molecule has 3 aromatic carbocycles. The van der Waals surface area contributed by atoms with Gasteiger partial charge in [-0.05, 0) is 48.7 Å². The summed E-state index contributed by atoms with van der Waals surface area (Å²) in [5.74, 6) is 0. The van der Waals surface area contributed by atoms with Crippen molar-refractivity contribution in [3.8, 4) is 5.69 Å². The quantitative estimate of drug-likeness (QED) is 0.386. The Bertz CT molecular complexity index is 1180. The standard InChI is InChI=1S/C25H20N2/c1-18-6-8-19(9-7-18)16-20-10-12-21(13-11-20)27-24-5-3-2-4-22(24)23-14-15-26-17-25(23)27/h2-15,17H,16H2,1H3. The number of fused-ring (bicyclic) bond motifs is 3. The maximum absolute atomic E-state index is 4.35. The van der Waals surface area contributed by atoms with E-state index in [9.17, 15) is 0 Å². The molecule has 0 spiro atoms. The lowest BCUT2D eigenvalue weighted by Gasteiger charge is -2.09. The van der Waals surface area contributed by atoms with Gasteiger partial charge in [0.05, 0.1) is 17.2 Å². The lowest BCUT2D eigenvalue weighted by molar-refractivity contribution is 1.14. The highest BCUT2D eigenvalue weighted by molar-refractivity contribution is 6.08. The van der Waals surface area contributed by atoms with E-state index in [0.29, 0.717) is 0 Å². The van der Waals surface area contributed by atoms with E-state index in [4.69, 9.17) is 0 Å². The molecule has 2 heterocycles. The van der Waals surface area contributed by atoms with Gasteiger partial charge >= 0.3 is 0 Å². The number of hydrogen-bond acceptors (Lipinski definition) is 1. The smallest absolute Gasteiger partial charge is 0.0724 e. The minimum Gasteiger partial charge on any atom is -0.308 e. The zero-order valence-corrected chi connectivity index (χ0v) is 15.3. The number of aryl methyl sites for hydroxylation is 1. The first-order valence-corrected chi connectivity index (χ1v) is 9.28. The summed E-state index contributed by atoms with van der Waals surface area (Å²) in [7, 11) is 0. The third kappa shape index (κ3) is 2.80. The molecule has 0 bridgehead atoms. The van der Waals surface area contributed by atoms with Crippen LogP contribution in [0.1, 0.15) is 16.7 Å².